The summed E-state index contributed by atoms with van der Waals surface area (Å²) in [5.74, 6) is 2.30. The number of hydrogen-bond acceptors (Lipinski definition) is 1. The summed E-state index contributed by atoms with van der Waals surface area (Å²) in [6.45, 7) is 2.42. The van der Waals surface area contributed by atoms with E-state index >= 15 is 0 Å². The molecule has 0 spiro atoms. The SMILES string of the molecule is C[C@@H](NCc1ccccc1C(F)(F)F)[C@H]1C[C@H]2CC[C@H]1C2. The van der Waals surface area contributed by atoms with Crippen LogP contribution in [0.1, 0.15) is 43.7 Å². The van der Waals surface area contributed by atoms with Gasteiger partial charge in [0.2, 0.25) is 0 Å². The van der Waals surface area contributed by atoms with Gasteiger partial charge in [-0.3, -0.25) is 0 Å². The highest BCUT2D eigenvalue weighted by atomic mass is 19.4. The summed E-state index contributed by atoms with van der Waals surface area (Å²) < 4.78 is 38.9. The van der Waals surface area contributed by atoms with Gasteiger partial charge in [0, 0.05) is 12.6 Å². The maximum atomic E-state index is 13.0. The third kappa shape index (κ3) is 3.10. The van der Waals surface area contributed by atoms with Gasteiger partial charge >= 0.3 is 6.18 Å². The number of hydrogen-bond donors (Lipinski definition) is 1. The van der Waals surface area contributed by atoms with Gasteiger partial charge in [-0.1, -0.05) is 24.6 Å². The van der Waals surface area contributed by atoms with Crippen LogP contribution in [0.3, 0.4) is 0 Å². The normalized spacial score (nSPS) is 29.8. The second-order valence-electron chi connectivity index (χ2n) is 6.66. The second kappa shape index (κ2) is 5.64. The highest BCUT2D eigenvalue weighted by Crippen LogP contribution is 2.49. The van der Waals surface area contributed by atoms with Crippen LogP contribution in [0.4, 0.5) is 13.2 Å². The van der Waals surface area contributed by atoms with Crippen molar-refractivity contribution in [3.8, 4) is 0 Å². The topological polar surface area (TPSA) is 12.0 Å². The Morgan fingerprint density at radius 1 is 1.19 bits per heavy atom. The van der Waals surface area contributed by atoms with E-state index in [1.807, 2.05) is 0 Å². The Morgan fingerprint density at radius 3 is 2.57 bits per heavy atom. The molecule has 0 aromatic heterocycles. The lowest BCUT2D eigenvalue weighted by molar-refractivity contribution is -0.138. The van der Waals surface area contributed by atoms with Gasteiger partial charge in [-0.05, 0) is 55.6 Å². The molecule has 4 heteroatoms. The molecule has 4 atom stereocenters. The van der Waals surface area contributed by atoms with Crippen LogP contribution in [-0.4, -0.2) is 6.04 Å². The lowest BCUT2D eigenvalue weighted by Crippen LogP contribution is -2.36. The van der Waals surface area contributed by atoms with Gasteiger partial charge in [0.25, 0.3) is 0 Å². The number of rotatable bonds is 4. The first-order valence-electron chi connectivity index (χ1n) is 7.83. The van der Waals surface area contributed by atoms with Crippen molar-refractivity contribution in [2.24, 2.45) is 17.8 Å². The fraction of sp³-hybridized carbons (Fsp3) is 0.647. The van der Waals surface area contributed by atoms with E-state index in [0.717, 1.165) is 11.8 Å². The van der Waals surface area contributed by atoms with Crippen molar-refractivity contribution >= 4 is 0 Å². The molecular formula is C17H22F3N. The van der Waals surface area contributed by atoms with Crippen molar-refractivity contribution in [1.82, 2.24) is 5.32 Å². The van der Waals surface area contributed by atoms with Gasteiger partial charge < -0.3 is 5.32 Å². The number of nitrogens with one attached hydrogen (secondary N) is 1. The average molecular weight is 297 g/mol. The predicted molar refractivity (Wildman–Crippen MR) is 76.7 cm³/mol. The van der Waals surface area contributed by atoms with Crippen LogP contribution in [0, 0.1) is 17.8 Å². The third-order valence-corrected chi connectivity index (χ3v) is 5.37. The average Bonchev–Trinajstić information content (AvgIpc) is 3.06. The molecule has 21 heavy (non-hydrogen) atoms. The van der Waals surface area contributed by atoms with E-state index in [9.17, 15) is 13.2 Å². The molecule has 0 amide bonds. The monoisotopic (exact) mass is 297 g/mol. The van der Waals surface area contributed by atoms with Crippen LogP contribution in [0.2, 0.25) is 0 Å². The van der Waals surface area contributed by atoms with E-state index in [4.69, 9.17) is 0 Å². The number of halogens is 3. The molecular weight excluding hydrogens is 275 g/mol. The van der Waals surface area contributed by atoms with Crippen LogP contribution >= 0.6 is 0 Å². The lowest BCUT2D eigenvalue weighted by atomic mass is 9.84. The first-order chi connectivity index (χ1) is 9.95. The Kier molecular flexibility index (Phi) is 4.00. The Labute approximate surface area is 123 Å². The fourth-order valence-corrected chi connectivity index (χ4v) is 4.28. The molecule has 2 fully saturated rings. The van der Waals surface area contributed by atoms with E-state index in [1.54, 1.807) is 12.1 Å². The summed E-state index contributed by atoms with van der Waals surface area (Å²) in [6, 6.07) is 6.16. The van der Waals surface area contributed by atoms with Crippen LogP contribution in [0.25, 0.3) is 0 Å². The van der Waals surface area contributed by atoms with Gasteiger partial charge in [-0.2, -0.15) is 13.2 Å². The molecule has 2 aliphatic carbocycles. The molecule has 2 saturated carbocycles. The standard InChI is InChI=1S/C17H22F3N/c1-11(15-9-12-6-7-13(15)8-12)21-10-14-4-2-3-5-16(14)17(18,19)20/h2-5,11-13,15,21H,6-10H2,1H3/t11-,12+,13+,15-/m1/s1. The fourth-order valence-electron chi connectivity index (χ4n) is 4.28. The molecule has 2 aliphatic rings. The van der Waals surface area contributed by atoms with Crippen molar-refractivity contribution in [3.05, 3.63) is 35.4 Å². The molecule has 1 nitrogen and oxygen atoms in total. The summed E-state index contributed by atoms with van der Waals surface area (Å²) in [5, 5.41) is 3.34. The zero-order chi connectivity index (χ0) is 15.0. The second-order valence-corrected chi connectivity index (χ2v) is 6.66. The Balaban J connectivity index is 1.63. The van der Waals surface area contributed by atoms with Gasteiger partial charge in [0.05, 0.1) is 5.56 Å². The Bertz CT molecular complexity index is 497. The van der Waals surface area contributed by atoms with Crippen LogP contribution < -0.4 is 5.32 Å². The summed E-state index contributed by atoms with van der Waals surface area (Å²) in [6.07, 6.45) is 0.967. The largest absolute Gasteiger partial charge is 0.416 e. The molecule has 0 aliphatic heterocycles. The minimum absolute atomic E-state index is 0.293. The molecule has 0 unspecified atom stereocenters. The highest BCUT2D eigenvalue weighted by Gasteiger charge is 2.41. The maximum absolute atomic E-state index is 13.0. The molecule has 2 bridgehead atoms. The molecule has 1 N–H and O–H groups in total. The minimum Gasteiger partial charge on any atom is -0.310 e. The van der Waals surface area contributed by atoms with Gasteiger partial charge in [-0.25, -0.2) is 0 Å². The molecule has 1 aromatic rings. The van der Waals surface area contributed by atoms with Crippen molar-refractivity contribution in [1.29, 1.82) is 0 Å². The van der Waals surface area contributed by atoms with Crippen molar-refractivity contribution in [2.45, 2.75) is 51.4 Å². The van der Waals surface area contributed by atoms with E-state index in [0.29, 0.717) is 24.1 Å². The highest BCUT2D eigenvalue weighted by molar-refractivity contribution is 5.29. The van der Waals surface area contributed by atoms with E-state index < -0.39 is 11.7 Å². The first kappa shape index (κ1) is 14.9. The first-order valence-corrected chi connectivity index (χ1v) is 7.83. The van der Waals surface area contributed by atoms with E-state index in [-0.39, 0.29) is 0 Å². The molecule has 3 rings (SSSR count). The quantitative estimate of drug-likeness (QED) is 0.855. The van der Waals surface area contributed by atoms with Gasteiger partial charge in [0.15, 0.2) is 0 Å². The minimum atomic E-state index is -4.27. The molecule has 0 radical (unpaired) electrons. The zero-order valence-electron chi connectivity index (χ0n) is 12.3. The number of fused-ring (bicyclic) bond motifs is 2. The molecule has 0 heterocycles. The summed E-state index contributed by atoms with van der Waals surface area (Å²) in [5.41, 5.74) is -0.169. The van der Waals surface area contributed by atoms with E-state index in [2.05, 4.69) is 12.2 Å². The van der Waals surface area contributed by atoms with Crippen LogP contribution in [0.5, 0.6) is 0 Å². The summed E-state index contributed by atoms with van der Waals surface area (Å²) in [7, 11) is 0. The molecule has 0 saturated heterocycles. The maximum Gasteiger partial charge on any atom is 0.416 e. The predicted octanol–water partition coefficient (Wildman–Crippen LogP) is 4.62. The van der Waals surface area contributed by atoms with Gasteiger partial charge in [-0.15, -0.1) is 0 Å². The Morgan fingerprint density at radius 2 is 1.95 bits per heavy atom. The Hall–Kier alpha value is -1.03. The summed E-state index contributed by atoms with van der Waals surface area (Å²) in [4.78, 5) is 0. The third-order valence-electron chi connectivity index (χ3n) is 5.37. The zero-order valence-corrected chi connectivity index (χ0v) is 12.3. The van der Waals surface area contributed by atoms with Crippen molar-refractivity contribution < 1.29 is 13.2 Å². The van der Waals surface area contributed by atoms with E-state index in [1.165, 1.54) is 37.8 Å². The lowest BCUT2D eigenvalue weighted by Gasteiger charge is -2.29. The summed E-state index contributed by atoms with van der Waals surface area (Å²) >= 11 is 0. The van der Waals surface area contributed by atoms with Crippen molar-refractivity contribution in [3.63, 3.8) is 0 Å². The number of benzene rings is 1. The number of alkyl halides is 3. The molecule has 1 aromatic carbocycles. The van der Waals surface area contributed by atoms with Gasteiger partial charge in [0.1, 0.15) is 0 Å². The smallest absolute Gasteiger partial charge is 0.310 e. The van der Waals surface area contributed by atoms with Crippen LogP contribution in [0.15, 0.2) is 24.3 Å². The molecule has 116 valence electrons. The van der Waals surface area contributed by atoms with Crippen LogP contribution in [-0.2, 0) is 12.7 Å². The van der Waals surface area contributed by atoms with Crippen molar-refractivity contribution in [2.75, 3.05) is 0 Å².